The zero-order valence-corrected chi connectivity index (χ0v) is 14.1. The molecule has 0 aliphatic carbocycles. The summed E-state index contributed by atoms with van der Waals surface area (Å²) < 4.78 is 1.77. The molecule has 0 radical (unpaired) electrons. The van der Waals surface area contributed by atoms with Gasteiger partial charge >= 0.3 is 0 Å². The van der Waals surface area contributed by atoms with Crippen molar-refractivity contribution in [3.05, 3.63) is 109 Å². The van der Waals surface area contributed by atoms with Crippen LogP contribution in [0.4, 0.5) is 11.4 Å². The summed E-state index contributed by atoms with van der Waals surface area (Å²) in [6.07, 6.45) is 3.59. The van der Waals surface area contributed by atoms with Crippen LogP contribution in [-0.2, 0) is 0 Å². The van der Waals surface area contributed by atoms with Crippen molar-refractivity contribution < 1.29 is 4.79 Å². The van der Waals surface area contributed by atoms with Crippen molar-refractivity contribution in [1.82, 2.24) is 9.78 Å². The van der Waals surface area contributed by atoms with Gasteiger partial charge in [-0.1, -0.05) is 48.5 Å². The van der Waals surface area contributed by atoms with Gasteiger partial charge in [0.2, 0.25) is 0 Å². The maximum Gasteiger partial charge on any atom is 0.262 e. The number of carbonyl (C=O) groups excluding carboxylic acids is 1. The zero-order chi connectivity index (χ0) is 17.8. The highest BCUT2D eigenvalue weighted by Gasteiger charge is 2.22. The Morgan fingerprint density at radius 2 is 1.42 bits per heavy atom. The molecule has 0 aliphatic rings. The SMILES string of the molecule is O=C(c1ccccc1)N(c1ccccc1)c1ccccc1-n1cccn1. The van der Waals surface area contributed by atoms with Gasteiger partial charge in [0.05, 0.1) is 11.4 Å². The van der Waals surface area contributed by atoms with Crippen molar-refractivity contribution in [2.24, 2.45) is 0 Å². The van der Waals surface area contributed by atoms with Crippen LogP contribution in [0.25, 0.3) is 5.69 Å². The standard InChI is InChI=1S/C22H17N3O/c26-22(18-10-3-1-4-11-18)25(19-12-5-2-6-13-19)21-15-8-7-14-20(21)24-17-9-16-23-24/h1-17H. The lowest BCUT2D eigenvalue weighted by molar-refractivity contribution is 0.0999. The fraction of sp³-hybridized carbons (Fsp3) is 0. The van der Waals surface area contributed by atoms with Crippen LogP contribution in [0.5, 0.6) is 0 Å². The van der Waals surface area contributed by atoms with Crippen molar-refractivity contribution in [2.75, 3.05) is 4.90 Å². The Kier molecular flexibility index (Phi) is 4.31. The van der Waals surface area contributed by atoms with Crippen molar-refractivity contribution >= 4 is 17.3 Å². The van der Waals surface area contributed by atoms with Crippen LogP contribution in [0.1, 0.15) is 10.4 Å². The summed E-state index contributed by atoms with van der Waals surface area (Å²) in [6, 6.07) is 28.6. The predicted molar refractivity (Wildman–Crippen MR) is 103 cm³/mol. The number of hydrogen-bond donors (Lipinski definition) is 0. The fourth-order valence-corrected chi connectivity index (χ4v) is 2.91. The Morgan fingerprint density at radius 1 is 0.769 bits per heavy atom. The molecule has 4 aromatic rings. The van der Waals surface area contributed by atoms with E-state index in [4.69, 9.17) is 0 Å². The van der Waals surface area contributed by atoms with E-state index in [2.05, 4.69) is 5.10 Å². The lowest BCUT2D eigenvalue weighted by Gasteiger charge is -2.25. The summed E-state index contributed by atoms with van der Waals surface area (Å²) in [5.74, 6) is -0.0867. The van der Waals surface area contributed by atoms with Gasteiger partial charge < -0.3 is 0 Å². The Balaban J connectivity index is 1.89. The van der Waals surface area contributed by atoms with Crippen molar-refractivity contribution in [3.8, 4) is 5.69 Å². The van der Waals surface area contributed by atoms with E-state index in [1.807, 2.05) is 97.2 Å². The number of aromatic nitrogens is 2. The maximum atomic E-state index is 13.4. The molecule has 0 bridgehead atoms. The van der Waals surface area contributed by atoms with Gasteiger partial charge in [0.15, 0.2) is 0 Å². The van der Waals surface area contributed by atoms with E-state index < -0.39 is 0 Å². The molecule has 0 aliphatic heterocycles. The van der Waals surface area contributed by atoms with Gasteiger partial charge in [-0.25, -0.2) is 4.68 Å². The predicted octanol–water partition coefficient (Wildman–Crippen LogP) is 4.85. The number of anilines is 2. The number of carbonyl (C=O) groups is 1. The monoisotopic (exact) mass is 339 g/mol. The number of amides is 1. The first-order valence-electron chi connectivity index (χ1n) is 8.38. The number of benzene rings is 3. The molecule has 4 rings (SSSR count). The molecule has 0 spiro atoms. The first-order chi connectivity index (χ1) is 12.8. The summed E-state index contributed by atoms with van der Waals surface area (Å²) in [4.78, 5) is 15.1. The van der Waals surface area contributed by atoms with Crippen LogP contribution >= 0.6 is 0 Å². The third-order valence-electron chi connectivity index (χ3n) is 4.11. The third-order valence-corrected chi connectivity index (χ3v) is 4.11. The van der Waals surface area contributed by atoms with E-state index in [0.29, 0.717) is 5.56 Å². The number of nitrogens with zero attached hydrogens (tertiary/aromatic N) is 3. The molecule has 4 heteroatoms. The second-order valence-corrected chi connectivity index (χ2v) is 5.78. The molecule has 0 unspecified atom stereocenters. The minimum atomic E-state index is -0.0867. The molecule has 126 valence electrons. The normalized spacial score (nSPS) is 10.5. The van der Waals surface area contributed by atoms with Crippen LogP contribution in [0.2, 0.25) is 0 Å². The largest absolute Gasteiger partial charge is 0.275 e. The maximum absolute atomic E-state index is 13.4. The molecule has 1 aromatic heterocycles. The highest BCUT2D eigenvalue weighted by molar-refractivity contribution is 6.11. The minimum Gasteiger partial charge on any atom is -0.275 e. The van der Waals surface area contributed by atoms with E-state index in [0.717, 1.165) is 17.1 Å². The molecule has 0 N–H and O–H groups in total. The van der Waals surface area contributed by atoms with Crippen LogP contribution in [0.3, 0.4) is 0 Å². The van der Waals surface area contributed by atoms with Crippen LogP contribution < -0.4 is 4.90 Å². The molecular weight excluding hydrogens is 322 g/mol. The van der Waals surface area contributed by atoms with Crippen LogP contribution in [0.15, 0.2) is 103 Å². The van der Waals surface area contributed by atoms with E-state index in [9.17, 15) is 4.79 Å². The van der Waals surface area contributed by atoms with E-state index >= 15 is 0 Å². The van der Waals surface area contributed by atoms with Crippen LogP contribution in [-0.4, -0.2) is 15.7 Å². The molecular formula is C22H17N3O. The fourth-order valence-electron chi connectivity index (χ4n) is 2.91. The average molecular weight is 339 g/mol. The van der Waals surface area contributed by atoms with Gasteiger partial charge in [-0.2, -0.15) is 5.10 Å². The van der Waals surface area contributed by atoms with Gasteiger partial charge in [0.1, 0.15) is 0 Å². The average Bonchev–Trinajstić information content (AvgIpc) is 3.25. The number of para-hydroxylation sites is 3. The van der Waals surface area contributed by atoms with Crippen molar-refractivity contribution in [3.63, 3.8) is 0 Å². The molecule has 0 saturated carbocycles. The van der Waals surface area contributed by atoms with Crippen molar-refractivity contribution in [2.45, 2.75) is 0 Å². The molecule has 3 aromatic carbocycles. The summed E-state index contributed by atoms with van der Waals surface area (Å²) in [5.41, 5.74) is 3.05. The lowest BCUT2D eigenvalue weighted by atomic mass is 10.1. The Bertz CT molecular complexity index is 996. The van der Waals surface area contributed by atoms with Gasteiger partial charge in [-0.3, -0.25) is 9.69 Å². The molecule has 0 fully saturated rings. The van der Waals surface area contributed by atoms with E-state index in [1.165, 1.54) is 0 Å². The second kappa shape index (κ2) is 7.07. The Hall–Kier alpha value is -3.66. The molecule has 0 saturated heterocycles. The summed E-state index contributed by atoms with van der Waals surface area (Å²) in [5, 5.41) is 4.33. The molecule has 1 heterocycles. The smallest absolute Gasteiger partial charge is 0.262 e. The van der Waals surface area contributed by atoms with Gasteiger partial charge in [-0.15, -0.1) is 0 Å². The minimum absolute atomic E-state index is 0.0867. The first kappa shape index (κ1) is 15.8. The zero-order valence-electron chi connectivity index (χ0n) is 14.1. The Labute approximate surface area is 151 Å². The third kappa shape index (κ3) is 3.00. The summed E-state index contributed by atoms with van der Waals surface area (Å²) in [6.45, 7) is 0. The van der Waals surface area contributed by atoms with Gasteiger partial charge in [0.25, 0.3) is 5.91 Å². The quantitative estimate of drug-likeness (QED) is 0.533. The van der Waals surface area contributed by atoms with Crippen LogP contribution in [0, 0.1) is 0 Å². The highest BCUT2D eigenvalue weighted by Crippen LogP contribution is 2.32. The second-order valence-electron chi connectivity index (χ2n) is 5.78. The van der Waals surface area contributed by atoms with E-state index in [1.54, 1.807) is 15.8 Å². The number of hydrogen-bond acceptors (Lipinski definition) is 2. The lowest BCUT2D eigenvalue weighted by Crippen LogP contribution is -2.27. The molecule has 4 nitrogen and oxygen atoms in total. The number of rotatable bonds is 4. The summed E-state index contributed by atoms with van der Waals surface area (Å²) >= 11 is 0. The van der Waals surface area contributed by atoms with E-state index in [-0.39, 0.29) is 5.91 Å². The van der Waals surface area contributed by atoms with Gasteiger partial charge in [-0.05, 0) is 42.5 Å². The van der Waals surface area contributed by atoms with Crippen molar-refractivity contribution in [1.29, 1.82) is 0 Å². The topological polar surface area (TPSA) is 38.1 Å². The van der Waals surface area contributed by atoms with Gasteiger partial charge in [0, 0.05) is 23.6 Å². The first-order valence-corrected chi connectivity index (χ1v) is 8.38. The molecule has 0 atom stereocenters. The molecule has 26 heavy (non-hydrogen) atoms. The highest BCUT2D eigenvalue weighted by atomic mass is 16.2. The Morgan fingerprint density at radius 3 is 2.12 bits per heavy atom. The molecule has 1 amide bonds. The summed E-state index contributed by atoms with van der Waals surface area (Å²) in [7, 11) is 0.